The molecule has 138 valence electrons. The van der Waals surface area contributed by atoms with Crippen molar-refractivity contribution in [1.29, 1.82) is 0 Å². The van der Waals surface area contributed by atoms with Crippen molar-refractivity contribution in [2.75, 3.05) is 26.2 Å². The van der Waals surface area contributed by atoms with Crippen LogP contribution in [0.1, 0.15) is 49.8 Å². The third kappa shape index (κ3) is 5.51. The van der Waals surface area contributed by atoms with Crippen LogP contribution in [0.2, 0.25) is 5.02 Å². The molecule has 1 aliphatic heterocycles. The summed E-state index contributed by atoms with van der Waals surface area (Å²) >= 11 is 6.16. The molecule has 1 atom stereocenters. The van der Waals surface area contributed by atoms with Crippen LogP contribution in [0.3, 0.4) is 0 Å². The van der Waals surface area contributed by atoms with Crippen molar-refractivity contribution in [2.45, 2.75) is 44.8 Å². The Labute approximate surface area is 153 Å². The van der Waals surface area contributed by atoms with Gasteiger partial charge in [0.15, 0.2) is 0 Å². The number of rotatable bonds is 6. The van der Waals surface area contributed by atoms with Gasteiger partial charge in [-0.25, -0.2) is 0 Å². The highest BCUT2D eigenvalue weighted by Crippen LogP contribution is 2.40. The summed E-state index contributed by atoms with van der Waals surface area (Å²) in [5.74, 6) is 0. The SMILES string of the molecule is CCCCC[C@H](c1cccc(C(F)(F)F)c1Cl)N1CCNCC1.Cl. The Morgan fingerprint density at radius 1 is 1.21 bits per heavy atom. The molecule has 0 unspecified atom stereocenters. The number of hydrogen-bond donors (Lipinski definition) is 1. The van der Waals surface area contributed by atoms with Crippen molar-refractivity contribution < 1.29 is 13.2 Å². The van der Waals surface area contributed by atoms with E-state index in [0.29, 0.717) is 5.56 Å². The van der Waals surface area contributed by atoms with Gasteiger partial charge in [0, 0.05) is 32.2 Å². The van der Waals surface area contributed by atoms with E-state index in [1.165, 1.54) is 6.07 Å². The third-order valence-electron chi connectivity index (χ3n) is 4.37. The van der Waals surface area contributed by atoms with Gasteiger partial charge in [-0.05, 0) is 18.1 Å². The number of benzene rings is 1. The van der Waals surface area contributed by atoms with E-state index < -0.39 is 11.7 Å². The van der Waals surface area contributed by atoms with Gasteiger partial charge in [-0.1, -0.05) is 49.9 Å². The van der Waals surface area contributed by atoms with Crippen molar-refractivity contribution in [2.24, 2.45) is 0 Å². The maximum atomic E-state index is 13.1. The molecule has 7 heteroatoms. The topological polar surface area (TPSA) is 15.3 Å². The van der Waals surface area contributed by atoms with Crippen molar-refractivity contribution in [3.63, 3.8) is 0 Å². The molecule has 0 radical (unpaired) electrons. The maximum absolute atomic E-state index is 13.1. The first-order valence-electron chi connectivity index (χ1n) is 8.25. The van der Waals surface area contributed by atoms with E-state index in [4.69, 9.17) is 11.6 Å². The standard InChI is InChI=1S/C17H24ClF3N2.ClH/c1-2-3-4-8-15(23-11-9-22-10-12-23)13-6-5-7-14(16(13)18)17(19,20)21;/h5-7,15,22H,2-4,8-12H2,1H3;1H/t15-;/m1./s1. The molecule has 0 amide bonds. The molecule has 1 aromatic carbocycles. The van der Waals surface area contributed by atoms with Gasteiger partial charge < -0.3 is 5.32 Å². The van der Waals surface area contributed by atoms with Crippen LogP contribution < -0.4 is 5.32 Å². The van der Waals surface area contributed by atoms with E-state index in [1.54, 1.807) is 6.07 Å². The van der Waals surface area contributed by atoms with Gasteiger partial charge in [0.2, 0.25) is 0 Å². The van der Waals surface area contributed by atoms with Crippen molar-refractivity contribution >= 4 is 24.0 Å². The van der Waals surface area contributed by atoms with Crippen LogP contribution in [0, 0.1) is 0 Å². The highest BCUT2D eigenvalue weighted by molar-refractivity contribution is 6.32. The van der Waals surface area contributed by atoms with Crippen LogP contribution in [-0.4, -0.2) is 31.1 Å². The van der Waals surface area contributed by atoms with Crippen LogP contribution >= 0.6 is 24.0 Å². The lowest BCUT2D eigenvalue weighted by atomic mass is 9.96. The van der Waals surface area contributed by atoms with Crippen molar-refractivity contribution in [3.05, 3.63) is 34.3 Å². The number of piperazine rings is 1. The fraction of sp³-hybridized carbons (Fsp3) is 0.647. The highest BCUT2D eigenvalue weighted by atomic mass is 35.5. The molecule has 2 nitrogen and oxygen atoms in total. The first-order valence-corrected chi connectivity index (χ1v) is 8.63. The largest absolute Gasteiger partial charge is 0.417 e. The van der Waals surface area contributed by atoms with Crippen LogP contribution in [0.5, 0.6) is 0 Å². The number of hydrogen-bond acceptors (Lipinski definition) is 2. The highest BCUT2D eigenvalue weighted by Gasteiger charge is 2.35. The van der Waals surface area contributed by atoms with E-state index in [-0.39, 0.29) is 23.5 Å². The summed E-state index contributed by atoms with van der Waals surface area (Å²) in [5.41, 5.74) is -0.119. The quantitative estimate of drug-likeness (QED) is 0.668. The van der Waals surface area contributed by atoms with Gasteiger partial charge in [0.25, 0.3) is 0 Å². The smallest absolute Gasteiger partial charge is 0.314 e. The molecule has 1 heterocycles. The number of nitrogens with zero attached hydrogens (tertiary/aromatic N) is 1. The summed E-state index contributed by atoms with van der Waals surface area (Å²) in [6.07, 6.45) is -0.402. The van der Waals surface area contributed by atoms with E-state index >= 15 is 0 Å². The average molecular weight is 385 g/mol. The van der Waals surface area contributed by atoms with Gasteiger partial charge in [-0.15, -0.1) is 12.4 Å². The monoisotopic (exact) mass is 384 g/mol. The van der Waals surface area contributed by atoms with Crippen molar-refractivity contribution in [3.8, 4) is 0 Å². The summed E-state index contributed by atoms with van der Waals surface area (Å²) in [6.45, 7) is 5.52. The minimum atomic E-state index is -4.41. The molecular weight excluding hydrogens is 360 g/mol. The predicted octanol–water partition coefficient (Wildman–Crippen LogP) is 5.31. The first-order chi connectivity index (χ1) is 10.9. The Hall–Kier alpha value is -0.490. The first kappa shape index (κ1) is 21.6. The molecule has 1 aliphatic rings. The molecule has 2 rings (SSSR count). The summed E-state index contributed by atoms with van der Waals surface area (Å²) < 4.78 is 39.4. The Morgan fingerprint density at radius 2 is 1.88 bits per heavy atom. The minimum Gasteiger partial charge on any atom is -0.314 e. The molecule has 1 saturated heterocycles. The molecule has 0 aliphatic carbocycles. The van der Waals surface area contributed by atoms with Crippen molar-refractivity contribution in [1.82, 2.24) is 10.2 Å². The van der Waals surface area contributed by atoms with Gasteiger partial charge in [-0.3, -0.25) is 4.90 Å². The normalized spacial score (nSPS) is 17.4. The zero-order chi connectivity index (χ0) is 16.9. The number of unbranched alkanes of at least 4 members (excludes halogenated alkanes) is 2. The fourth-order valence-corrected chi connectivity index (χ4v) is 3.50. The van der Waals surface area contributed by atoms with Crippen LogP contribution in [0.15, 0.2) is 18.2 Å². The lowest BCUT2D eigenvalue weighted by molar-refractivity contribution is -0.137. The van der Waals surface area contributed by atoms with E-state index in [0.717, 1.165) is 57.9 Å². The average Bonchev–Trinajstić information content (AvgIpc) is 2.52. The molecule has 1 fully saturated rings. The zero-order valence-corrected chi connectivity index (χ0v) is 15.4. The minimum absolute atomic E-state index is 0. The lowest BCUT2D eigenvalue weighted by Crippen LogP contribution is -2.45. The predicted molar refractivity (Wildman–Crippen MR) is 95.0 cm³/mol. The molecule has 0 bridgehead atoms. The Bertz CT molecular complexity index is 503. The molecule has 1 aromatic rings. The Balaban J connectivity index is 0.00000288. The summed E-state index contributed by atoms with van der Waals surface area (Å²) in [7, 11) is 0. The molecule has 24 heavy (non-hydrogen) atoms. The van der Waals surface area contributed by atoms with Gasteiger partial charge in [0.05, 0.1) is 10.6 Å². The third-order valence-corrected chi connectivity index (χ3v) is 4.79. The summed E-state index contributed by atoms with van der Waals surface area (Å²) in [5, 5.41) is 3.15. The Kier molecular flexibility index (Phi) is 8.85. The van der Waals surface area contributed by atoms with Gasteiger partial charge in [0.1, 0.15) is 0 Å². The number of alkyl halides is 3. The molecule has 0 spiro atoms. The zero-order valence-electron chi connectivity index (χ0n) is 13.8. The summed E-state index contributed by atoms with van der Waals surface area (Å²) in [4.78, 5) is 2.26. The second-order valence-electron chi connectivity index (χ2n) is 6.00. The number of halogens is 5. The summed E-state index contributed by atoms with van der Waals surface area (Å²) in [6, 6.07) is 4.24. The lowest BCUT2D eigenvalue weighted by Gasteiger charge is -2.36. The van der Waals surface area contributed by atoms with E-state index in [9.17, 15) is 13.2 Å². The Morgan fingerprint density at radius 3 is 2.46 bits per heavy atom. The van der Waals surface area contributed by atoms with Crippen LogP contribution in [-0.2, 0) is 6.18 Å². The molecular formula is C17H25Cl2F3N2. The maximum Gasteiger partial charge on any atom is 0.417 e. The molecule has 1 N–H and O–H groups in total. The second-order valence-corrected chi connectivity index (χ2v) is 6.38. The number of nitrogens with one attached hydrogen (secondary N) is 1. The van der Waals surface area contributed by atoms with Crippen LogP contribution in [0.25, 0.3) is 0 Å². The fourth-order valence-electron chi connectivity index (χ4n) is 3.14. The molecule has 0 aromatic heterocycles. The van der Waals surface area contributed by atoms with Crippen LogP contribution in [0.4, 0.5) is 13.2 Å². The van der Waals surface area contributed by atoms with E-state index in [1.807, 2.05) is 0 Å². The van der Waals surface area contributed by atoms with E-state index in [2.05, 4.69) is 17.1 Å². The van der Waals surface area contributed by atoms with Gasteiger partial charge in [-0.2, -0.15) is 13.2 Å². The van der Waals surface area contributed by atoms with Gasteiger partial charge >= 0.3 is 6.18 Å². The molecule has 0 saturated carbocycles. The second kappa shape index (κ2) is 9.85.